The lowest BCUT2D eigenvalue weighted by Gasteiger charge is -2.62. The minimum atomic E-state index is -0.750. The zero-order valence-electron chi connectivity index (χ0n) is 19.8. The molecule has 0 heterocycles. The van der Waals surface area contributed by atoms with E-state index in [0.29, 0.717) is 29.3 Å². The van der Waals surface area contributed by atoms with Crippen molar-refractivity contribution >= 4 is 0 Å². The monoisotopic (exact) mass is 406 g/mol. The van der Waals surface area contributed by atoms with E-state index in [0.717, 1.165) is 30.6 Å². The normalized spacial score (nSPS) is 51.1. The second-order valence-electron chi connectivity index (χ2n) is 12.9. The van der Waals surface area contributed by atoms with Crippen LogP contribution in [0.25, 0.3) is 0 Å². The van der Waals surface area contributed by atoms with E-state index in [-0.39, 0.29) is 6.10 Å². The van der Waals surface area contributed by atoms with Crippen LogP contribution in [0, 0.1) is 40.4 Å². The molecule has 4 aliphatic rings. The zero-order valence-corrected chi connectivity index (χ0v) is 19.8. The summed E-state index contributed by atoms with van der Waals surface area (Å²) in [4.78, 5) is 0. The van der Waals surface area contributed by atoms with Crippen molar-refractivity contribution in [2.75, 3.05) is 6.61 Å². The molecule has 0 radical (unpaired) electrons. The first kappa shape index (κ1) is 22.1. The third-order valence-electron chi connectivity index (χ3n) is 10.3. The molecular formula is C26H46O3. The van der Waals surface area contributed by atoms with E-state index in [1.165, 1.54) is 44.9 Å². The van der Waals surface area contributed by atoms with E-state index in [9.17, 15) is 10.2 Å². The van der Waals surface area contributed by atoms with Gasteiger partial charge in [-0.1, -0.05) is 13.8 Å². The highest BCUT2D eigenvalue weighted by molar-refractivity contribution is 5.10. The average Bonchev–Trinajstić information content (AvgIpc) is 2.97. The fraction of sp³-hybridized carbons (Fsp3) is 1.00. The summed E-state index contributed by atoms with van der Waals surface area (Å²) in [5, 5.41) is 20.8. The van der Waals surface area contributed by atoms with Crippen LogP contribution < -0.4 is 0 Å². The Kier molecular flexibility index (Phi) is 5.49. The third-order valence-corrected chi connectivity index (χ3v) is 10.3. The molecule has 0 amide bonds. The summed E-state index contributed by atoms with van der Waals surface area (Å²) in [7, 11) is 0. The Morgan fingerprint density at radius 3 is 2.31 bits per heavy atom. The molecule has 0 aromatic rings. The molecule has 0 saturated heterocycles. The van der Waals surface area contributed by atoms with Gasteiger partial charge in [-0.25, -0.2) is 0 Å². The lowest BCUT2D eigenvalue weighted by molar-refractivity contribution is -0.154. The van der Waals surface area contributed by atoms with E-state index < -0.39 is 11.2 Å². The first-order chi connectivity index (χ1) is 13.4. The molecule has 168 valence electrons. The number of fused-ring (bicyclic) bond motifs is 5. The summed E-state index contributed by atoms with van der Waals surface area (Å²) in [6.45, 7) is 13.6. The van der Waals surface area contributed by atoms with Crippen LogP contribution in [0.3, 0.4) is 0 Å². The molecule has 0 aliphatic heterocycles. The summed E-state index contributed by atoms with van der Waals surface area (Å²) in [5.41, 5.74) is -0.358. The van der Waals surface area contributed by atoms with Gasteiger partial charge in [0.2, 0.25) is 0 Å². The Morgan fingerprint density at radius 2 is 1.62 bits per heavy atom. The highest BCUT2D eigenvalue weighted by Crippen LogP contribution is 2.68. The maximum atomic E-state index is 10.7. The largest absolute Gasteiger partial charge is 0.390 e. The van der Waals surface area contributed by atoms with Gasteiger partial charge in [0.1, 0.15) is 0 Å². The predicted molar refractivity (Wildman–Crippen MR) is 118 cm³/mol. The summed E-state index contributed by atoms with van der Waals surface area (Å²) in [6.07, 6.45) is 11.5. The minimum absolute atomic E-state index is 0.227. The Hall–Kier alpha value is -0.120. The van der Waals surface area contributed by atoms with E-state index >= 15 is 0 Å². The van der Waals surface area contributed by atoms with Crippen molar-refractivity contribution in [3.05, 3.63) is 0 Å². The third kappa shape index (κ3) is 3.82. The van der Waals surface area contributed by atoms with Crippen molar-refractivity contribution in [3.63, 3.8) is 0 Å². The number of aliphatic hydroxyl groups is 2. The quantitative estimate of drug-likeness (QED) is 0.641. The summed E-state index contributed by atoms with van der Waals surface area (Å²) >= 11 is 0. The number of ether oxygens (including phenoxy) is 1. The van der Waals surface area contributed by atoms with Crippen LogP contribution in [0.4, 0.5) is 0 Å². The van der Waals surface area contributed by atoms with Gasteiger partial charge in [-0.05, 0) is 126 Å². The molecule has 0 aromatic carbocycles. The maximum absolute atomic E-state index is 10.7. The second-order valence-corrected chi connectivity index (χ2v) is 12.9. The molecule has 3 heteroatoms. The van der Waals surface area contributed by atoms with Crippen LogP contribution in [0.5, 0.6) is 0 Å². The minimum Gasteiger partial charge on any atom is -0.390 e. The molecular weight excluding hydrogens is 360 g/mol. The van der Waals surface area contributed by atoms with Crippen LogP contribution >= 0.6 is 0 Å². The topological polar surface area (TPSA) is 49.7 Å². The van der Waals surface area contributed by atoms with Crippen molar-refractivity contribution in [2.45, 2.75) is 117 Å². The molecule has 4 fully saturated rings. The summed E-state index contributed by atoms with van der Waals surface area (Å²) < 4.78 is 6.19. The van der Waals surface area contributed by atoms with Crippen molar-refractivity contribution in [2.24, 2.45) is 40.4 Å². The van der Waals surface area contributed by atoms with Crippen LogP contribution in [0.15, 0.2) is 0 Å². The van der Waals surface area contributed by atoms with Gasteiger partial charge in [-0.3, -0.25) is 0 Å². The lowest BCUT2D eigenvalue weighted by atomic mass is 9.44. The van der Waals surface area contributed by atoms with E-state index in [2.05, 4.69) is 27.7 Å². The van der Waals surface area contributed by atoms with Gasteiger partial charge in [0.25, 0.3) is 0 Å². The molecule has 4 rings (SSSR count). The maximum Gasteiger partial charge on any atom is 0.0824 e. The predicted octanol–water partition coefficient (Wildman–Crippen LogP) is 5.57. The highest BCUT2D eigenvalue weighted by Gasteiger charge is 2.61. The molecule has 29 heavy (non-hydrogen) atoms. The fourth-order valence-electron chi connectivity index (χ4n) is 8.69. The van der Waals surface area contributed by atoms with Crippen molar-refractivity contribution in [1.82, 2.24) is 0 Å². The van der Waals surface area contributed by atoms with Crippen LogP contribution in [-0.2, 0) is 4.74 Å². The van der Waals surface area contributed by atoms with Crippen molar-refractivity contribution < 1.29 is 14.9 Å². The Balaban J connectivity index is 1.49. The van der Waals surface area contributed by atoms with Crippen LogP contribution in [0.2, 0.25) is 0 Å². The van der Waals surface area contributed by atoms with Crippen molar-refractivity contribution in [1.29, 1.82) is 0 Å². The van der Waals surface area contributed by atoms with Gasteiger partial charge in [0.05, 0.1) is 23.9 Å². The molecule has 0 bridgehead atoms. The Morgan fingerprint density at radius 1 is 0.931 bits per heavy atom. The second kappa shape index (κ2) is 7.20. The smallest absolute Gasteiger partial charge is 0.0824 e. The standard InChI is InChI=1S/C26H46O3/c1-17(29-16-23(2,3)27)20-9-10-21-19-8-7-18-15-24(4,28)13-14-25(18,5)22(19)11-12-26(20,21)6/h17-22,27-28H,7-16H2,1-6H3/t17-,18-,19?,20+,21?,22?,24-,25-,26+/m0/s1. The van der Waals surface area contributed by atoms with Gasteiger partial charge >= 0.3 is 0 Å². The first-order valence-electron chi connectivity index (χ1n) is 12.4. The first-order valence-corrected chi connectivity index (χ1v) is 12.4. The van der Waals surface area contributed by atoms with Gasteiger partial charge < -0.3 is 14.9 Å². The van der Waals surface area contributed by atoms with Crippen LogP contribution in [-0.4, -0.2) is 34.1 Å². The van der Waals surface area contributed by atoms with E-state index in [4.69, 9.17) is 4.74 Å². The molecule has 4 saturated carbocycles. The molecule has 3 unspecified atom stereocenters. The molecule has 0 aromatic heterocycles. The SMILES string of the molecule is C[C@H](OCC(C)(C)O)[C@H]1CCC2C3CC[C@H]4C[C@@](C)(O)CC[C@]4(C)C3CC[C@@]21C. The van der Waals surface area contributed by atoms with Gasteiger partial charge in [-0.2, -0.15) is 0 Å². The molecule has 4 aliphatic carbocycles. The van der Waals surface area contributed by atoms with Gasteiger partial charge in [0, 0.05) is 0 Å². The number of hydrogen-bond donors (Lipinski definition) is 2. The summed E-state index contributed by atoms with van der Waals surface area (Å²) in [5.74, 6) is 3.88. The van der Waals surface area contributed by atoms with Crippen molar-refractivity contribution in [3.8, 4) is 0 Å². The van der Waals surface area contributed by atoms with Gasteiger partial charge in [0.15, 0.2) is 0 Å². The van der Waals surface area contributed by atoms with Gasteiger partial charge in [-0.15, -0.1) is 0 Å². The average molecular weight is 407 g/mol. The van der Waals surface area contributed by atoms with E-state index in [1.54, 1.807) is 0 Å². The Labute approximate surface area is 179 Å². The molecule has 9 atom stereocenters. The zero-order chi connectivity index (χ0) is 21.2. The molecule has 3 nitrogen and oxygen atoms in total. The highest BCUT2D eigenvalue weighted by atomic mass is 16.5. The van der Waals surface area contributed by atoms with Crippen LogP contribution in [0.1, 0.15) is 99.3 Å². The lowest BCUT2D eigenvalue weighted by Crippen LogP contribution is -2.55. The number of rotatable bonds is 4. The Bertz CT molecular complexity index is 608. The molecule has 2 N–H and O–H groups in total. The summed E-state index contributed by atoms with van der Waals surface area (Å²) in [6, 6.07) is 0. The fourth-order valence-corrected chi connectivity index (χ4v) is 8.69. The molecule has 0 spiro atoms. The number of hydrogen-bond acceptors (Lipinski definition) is 3. The van der Waals surface area contributed by atoms with E-state index in [1.807, 2.05) is 13.8 Å².